The summed E-state index contributed by atoms with van der Waals surface area (Å²) in [7, 11) is -5.57. The summed E-state index contributed by atoms with van der Waals surface area (Å²) in [5.41, 5.74) is -1.09. The zero-order chi connectivity index (χ0) is 26.6. The molecule has 0 spiro atoms. The van der Waals surface area contributed by atoms with E-state index in [4.69, 9.17) is 4.55 Å². The van der Waals surface area contributed by atoms with Crippen LogP contribution in [0.1, 0.15) is 81.6 Å². The van der Waals surface area contributed by atoms with Gasteiger partial charge in [-0.3, -0.25) is 9.35 Å². The third-order valence-electron chi connectivity index (χ3n) is 5.40. The van der Waals surface area contributed by atoms with Crippen molar-refractivity contribution in [1.82, 2.24) is 5.32 Å². The largest absolute Gasteiger partial charge is 0.348 e. The second kappa shape index (κ2) is 14.8. The number of carbonyl (C=O) groups is 1. The van der Waals surface area contributed by atoms with E-state index in [9.17, 15) is 30.8 Å². The van der Waals surface area contributed by atoms with Gasteiger partial charge in [-0.15, -0.1) is 0 Å². The molecular formula is C25H33F4NO4S. The Morgan fingerprint density at radius 3 is 1.80 bits per heavy atom. The van der Waals surface area contributed by atoms with Crippen molar-refractivity contribution in [2.45, 2.75) is 77.2 Å². The summed E-state index contributed by atoms with van der Waals surface area (Å²) < 4.78 is 85.1. The minimum absolute atomic E-state index is 0.193. The Morgan fingerprint density at radius 1 is 0.886 bits per heavy atom. The lowest BCUT2D eigenvalue weighted by Crippen LogP contribution is -2.27. The smallest absolute Gasteiger partial charge is 0.300 e. The van der Waals surface area contributed by atoms with Crippen LogP contribution >= 0.6 is 0 Å². The molecule has 0 aromatic heterocycles. The molecule has 0 unspecified atom stereocenters. The molecule has 0 atom stereocenters. The highest BCUT2D eigenvalue weighted by molar-refractivity contribution is 7.85. The number of amides is 1. The number of rotatable bonds is 4. The molecule has 1 aliphatic rings. The molecule has 0 aliphatic heterocycles. The Morgan fingerprint density at radius 2 is 1.34 bits per heavy atom. The molecule has 0 heterocycles. The normalized spacial score (nSPS) is 14.4. The molecule has 1 fully saturated rings. The number of hydrogen-bond donors (Lipinski definition) is 2. The number of benzene rings is 2. The monoisotopic (exact) mass is 519 g/mol. The van der Waals surface area contributed by atoms with Crippen molar-refractivity contribution in [1.29, 1.82) is 0 Å². The first kappa shape index (κ1) is 30.6. The Labute approximate surface area is 204 Å². The van der Waals surface area contributed by atoms with Crippen molar-refractivity contribution in [2.75, 3.05) is 0 Å². The third kappa shape index (κ3) is 9.25. The number of carbonyl (C=O) groups excluding carboxylic acids is 1. The highest BCUT2D eigenvalue weighted by Gasteiger charge is 2.34. The molecule has 1 amide bonds. The molecule has 0 saturated heterocycles. The van der Waals surface area contributed by atoms with Gasteiger partial charge >= 0.3 is 10.1 Å². The van der Waals surface area contributed by atoms with Crippen LogP contribution in [0.5, 0.6) is 0 Å². The molecule has 3 rings (SSSR count). The molecule has 1 aliphatic carbocycles. The summed E-state index contributed by atoms with van der Waals surface area (Å²) in [6.45, 7) is 6.20. The quantitative estimate of drug-likeness (QED) is 0.264. The average molecular weight is 520 g/mol. The lowest BCUT2D eigenvalue weighted by molar-refractivity contribution is 0.0939. The van der Waals surface area contributed by atoms with Crippen LogP contribution in [-0.2, 0) is 16.7 Å². The topological polar surface area (TPSA) is 83.5 Å². The lowest BCUT2D eigenvalue weighted by atomic mass is 9.93. The zero-order valence-electron chi connectivity index (χ0n) is 20.2. The van der Waals surface area contributed by atoms with Crippen LogP contribution in [0.25, 0.3) is 0 Å². The Balaban J connectivity index is 0.000000464. The second-order valence-electron chi connectivity index (χ2n) is 8.05. The predicted octanol–water partition coefficient (Wildman–Crippen LogP) is 6.81. The second-order valence-corrected chi connectivity index (χ2v) is 9.41. The van der Waals surface area contributed by atoms with Crippen molar-refractivity contribution >= 4 is 16.0 Å². The highest BCUT2D eigenvalue weighted by Crippen LogP contribution is 2.27. The number of nitrogens with one attached hydrogen (secondary N) is 1. The molecule has 0 radical (unpaired) electrons. The van der Waals surface area contributed by atoms with E-state index >= 15 is 0 Å². The van der Waals surface area contributed by atoms with E-state index in [0.717, 1.165) is 5.92 Å². The molecule has 0 bridgehead atoms. The van der Waals surface area contributed by atoms with Crippen molar-refractivity contribution < 1.29 is 35.3 Å². The predicted molar refractivity (Wildman–Crippen MR) is 127 cm³/mol. The van der Waals surface area contributed by atoms with Crippen LogP contribution < -0.4 is 5.32 Å². The van der Waals surface area contributed by atoms with Gasteiger partial charge in [-0.1, -0.05) is 96.0 Å². The molecule has 5 nitrogen and oxygen atoms in total. The molecule has 196 valence electrons. The molecule has 1 saturated carbocycles. The highest BCUT2D eigenvalue weighted by atomic mass is 32.2. The average Bonchev–Trinajstić information content (AvgIpc) is 2.81. The van der Waals surface area contributed by atoms with Gasteiger partial charge < -0.3 is 5.32 Å². The summed E-state index contributed by atoms with van der Waals surface area (Å²) in [6, 6.07) is 8.10. The first-order valence-electron chi connectivity index (χ1n) is 11.7. The van der Waals surface area contributed by atoms with Gasteiger partial charge in [0.2, 0.25) is 0 Å². The Hall–Kier alpha value is -2.46. The molecule has 2 N–H and O–H groups in total. The van der Waals surface area contributed by atoms with E-state index in [1.165, 1.54) is 44.9 Å². The van der Waals surface area contributed by atoms with Crippen LogP contribution in [0.3, 0.4) is 0 Å². The van der Waals surface area contributed by atoms with Gasteiger partial charge in [0.15, 0.2) is 28.2 Å². The lowest BCUT2D eigenvalue weighted by Gasteiger charge is -2.13. The van der Waals surface area contributed by atoms with E-state index < -0.39 is 49.8 Å². The molecule has 2 aromatic rings. The van der Waals surface area contributed by atoms with Gasteiger partial charge in [0.1, 0.15) is 5.56 Å². The Bertz CT molecular complexity index is 1030. The van der Waals surface area contributed by atoms with Crippen molar-refractivity contribution in [3.05, 3.63) is 64.7 Å². The van der Waals surface area contributed by atoms with E-state index in [-0.39, 0.29) is 6.54 Å². The standard InChI is InChI=1S/C14H9F4NO4S.C9H18.C2H6/c15-9-8(14(20)19-6-7-4-2-1-3-5-7)10(16)12(18)13(11(9)17)24(21,22)23;1-9-7-5-3-2-4-6-8-9;1-2/h1-5H,6H2,(H,19,20)(H,21,22,23);9H,2-8H2,1H3;1-2H3. The van der Waals surface area contributed by atoms with E-state index in [0.29, 0.717) is 5.56 Å². The summed E-state index contributed by atoms with van der Waals surface area (Å²) in [5, 5.41) is 2.05. The SMILES string of the molecule is CC.CC1CCCCCCC1.O=C(NCc1ccccc1)c1c(F)c(F)c(S(=O)(=O)O)c(F)c1F. The molecule has 2 aromatic carbocycles. The minimum Gasteiger partial charge on any atom is -0.348 e. The van der Waals surface area contributed by atoms with E-state index in [1.54, 1.807) is 30.3 Å². The Kier molecular flexibility index (Phi) is 13.0. The summed E-state index contributed by atoms with van der Waals surface area (Å²) in [6.07, 6.45) is 10.4. The van der Waals surface area contributed by atoms with E-state index in [2.05, 4.69) is 6.92 Å². The van der Waals surface area contributed by atoms with Gasteiger partial charge in [-0.2, -0.15) is 8.42 Å². The van der Waals surface area contributed by atoms with Crippen molar-refractivity contribution in [3.63, 3.8) is 0 Å². The van der Waals surface area contributed by atoms with Gasteiger partial charge in [0.05, 0.1) is 0 Å². The van der Waals surface area contributed by atoms with Crippen LogP contribution in [0.4, 0.5) is 17.6 Å². The fraction of sp³-hybridized carbons (Fsp3) is 0.480. The fourth-order valence-electron chi connectivity index (χ4n) is 3.56. The fourth-order valence-corrected chi connectivity index (χ4v) is 4.20. The molecule has 35 heavy (non-hydrogen) atoms. The third-order valence-corrected chi connectivity index (χ3v) is 6.27. The number of halogens is 4. The number of hydrogen-bond acceptors (Lipinski definition) is 3. The maximum Gasteiger partial charge on any atom is 0.300 e. The maximum absolute atomic E-state index is 13.8. The van der Waals surface area contributed by atoms with Gasteiger partial charge in [-0.25, -0.2) is 17.6 Å². The zero-order valence-corrected chi connectivity index (χ0v) is 21.0. The first-order valence-corrected chi connectivity index (χ1v) is 13.1. The van der Waals surface area contributed by atoms with Crippen LogP contribution in [-0.4, -0.2) is 18.9 Å². The summed E-state index contributed by atoms with van der Waals surface area (Å²) >= 11 is 0. The van der Waals surface area contributed by atoms with E-state index in [1.807, 2.05) is 19.2 Å². The van der Waals surface area contributed by atoms with Crippen LogP contribution in [0.15, 0.2) is 35.2 Å². The van der Waals surface area contributed by atoms with Crippen LogP contribution in [0.2, 0.25) is 0 Å². The maximum atomic E-state index is 13.8. The van der Waals surface area contributed by atoms with Gasteiger partial charge in [-0.05, 0) is 11.5 Å². The van der Waals surface area contributed by atoms with Crippen molar-refractivity contribution in [2.24, 2.45) is 5.92 Å². The van der Waals surface area contributed by atoms with Gasteiger partial charge in [0.25, 0.3) is 5.91 Å². The van der Waals surface area contributed by atoms with Gasteiger partial charge in [0, 0.05) is 6.54 Å². The molecular weight excluding hydrogens is 486 g/mol. The van der Waals surface area contributed by atoms with Crippen LogP contribution in [0, 0.1) is 29.2 Å². The summed E-state index contributed by atoms with van der Waals surface area (Å²) in [4.78, 5) is 9.59. The first-order chi connectivity index (χ1) is 16.5. The van der Waals surface area contributed by atoms with Crippen molar-refractivity contribution in [3.8, 4) is 0 Å². The minimum atomic E-state index is -5.57. The molecule has 10 heteroatoms. The summed E-state index contributed by atoms with van der Waals surface area (Å²) in [5.74, 6) is -9.71.